The number of anilines is 1. The van der Waals surface area contributed by atoms with Crippen LogP contribution in [0, 0.1) is 12.0 Å². The van der Waals surface area contributed by atoms with Gasteiger partial charge in [-0.1, -0.05) is 6.92 Å². The maximum atomic E-state index is 11.8. The number of aromatic hydroxyl groups is 1. The Bertz CT molecular complexity index is 1000. The molecule has 0 aliphatic heterocycles. The van der Waals surface area contributed by atoms with E-state index in [9.17, 15) is 14.7 Å². The zero-order chi connectivity index (χ0) is 25.0. The topological polar surface area (TPSA) is 170 Å². The molecule has 0 bridgehead atoms. The highest BCUT2D eigenvalue weighted by molar-refractivity contribution is 5.77. The summed E-state index contributed by atoms with van der Waals surface area (Å²) >= 11 is 0. The van der Waals surface area contributed by atoms with Crippen molar-refractivity contribution in [3.63, 3.8) is 0 Å². The number of hydrogen-bond donors (Lipinski definition) is 2. The average Bonchev–Trinajstić information content (AvgIpc) is 3.15. The fourth-order valence-electron chi connectivity index (χ4n) is 3.32. The van der Waals surface area contributed by atoms with Crippen LogP contribution in [-0.2, 0) is 30.2 Å². The Kier molecular flexibility index (Phi) is 7.64. The van der Waals surface area contributed by atoms with Gasteiger partial charge in [0, 0.05) is 0 Å². The van der Waals surface area contributed by atoms with Crippen molar-refractivity contribution in [1.29, 1.82) is 0 Å². The van der Waals surface area contributed by atoms with Crippen molar-refractivity contribution in [1.82, 2.24) is 19.5 Å². The Morgan fingerprint density at radius 2 is 1.71 bits per heavy atom. The highest BCUT2D eigenvalue weighted by Gasteiger charge is 2.55. The van der Waals surface area contributed by atoms with Gasteiger partial charge < -0.3 is 39.1 Å². The minimum atomic E-state index is -0.873. The molecule has 34 heavy (non-hydrogen) atoms. The maximum Gasteiger partial charge on any atom is 0.508 e. The highest BCUT2D eigenvalue weighted by Crippen LogP contribution is 2.50. The van der Waals surface area contributed by atoms with E-state index < -0.39 is 17.9 Å². The van der Waals surface area contributed by atoms with Crippen LogP contribution in [0.25, 0.3) is 11.2 Å². The van der Waals surface area contributed by atoms with E-state index in [0.717, 1.165) is 0 Å². The number of hydrogen-bond acceptors (Lipinski definition) is 12. The largest absolute Gasteiger partial charge is 0.508 e. The lowest BCUT2D eigenvalue weighted by Gasteiger charge is -2.25. The Hall–Kier alpha value is -3.35. The molecule has 2 atom stereocenters. The van der Waals surface area contributed by atoms with Crippen LogP contribution in [0.2, 0.25) is 0 Å². The first-order valence-corrected chi connectivity index (χ1v) is 10.9. The monoisotopic (exact) mass is 480 g/mol. The van der Waals surface area contributed by atoms with Gasteiger partial charge in [-0.25, -0.2) is 14.6 Å². The summed E-state index contributed by atoms with van der Waals surface area (Å²) in [4.78, 5) is 35.7. The smallest absolute Gasteiger partial charge is 0.492 e. The fourth-order valence-corrected chi connectivity index (χ4v) is 3.32. The van der Waals surface area contributed by atoms with Crippen molar-refractivity contribution < 1.29 is 38.4 Å². The summed E-state index contributed by atoms with van der Waals surface area (Å²) in [6, 6.07) is 0. The molecule has 1 radical (unpaired) electrons. The van der Waals surface area contributed by atoms with Crippen molar-refractivity contribution in [2.24, 2.45) is 5.92 Å². The Labute approximate surface area is 196 Å². The van der Waals surface area contributed by atoms with Crippen molar-refractivity contribution in [3.05, 3.63) is 12.4 Å². The molecule has 1 saturated carbocycles. The molecule has 13 heteroatoms. The van der Waals surface area contributed by atoms with E-state index in [1.165, 1.54) is 6.33 Å². The highest BCUT2D eigenvalue weighted by atomic mass is 16.7. The molecule has 187 valence electrons. The van der Waals surface area contributed by atoms with E-state index in [0.29, 0.717) is 18.6 Å². The van der Waals surface area contributed by atoms with Crippen molar-refractivity contribution in [3.8, 4) is 5.88 Å². The van der Waals surface area contributed by atoms with Gasteiger partial charge in [-0.05, 0) is 40.0 Å². The molecule has 0 aromatic carbocycles. The maximum absolute atomic E-state index is 11.8. The third-order valence-electron chi connectivity index (χ3n) is 5.00. The predicted octanol–water partition coefficient (Wildman–Crippen LogP) is 2.56. The zero-order valence-corrected chi connectivity index (χ0v) is 19.8. The van der Waals surface area contributed by atoms with Gasteiger partial charge in [-0.2, -0.15) is 9.97 Å². The molecule has 0 amide bonds. The van der Waals surface area contributed by atoms with E-state index >= 15 is 0 Å². The number of rotatable bonds is 10. The second-order valence-corrected chi connectivity index (χ2v) is 8.67. The van der Waals surface area contributed by atoms with Gasteiger partial charge in [0.25, 0.3) is 0 Å². The second-order valence-electron chi connectivity index (χ2n) is 8.67. The molecule has 1 fully saturated rings. The first-order chi connectivity index (χ1) is 16.0. The Morgan fingerprint density at radius 3 is 2.21 bits per heavy atom. The molecule has 1 aliphatic rings. The first kappa shape index (κ1) is 25.3. The van der Waals surface area contributed by atoms with Gasteiger partial charge in [0.2, 0.25) is 11.8 Å². The molecule has 13 nitrogen and oxygen atoms in total. The molecule has 2 aromatic rings. The standard InChI is InChI=1S/C21H30N5O8/c1-11(2)32-19(28)30-7-14(8-31-20(29)33-12(3)4)34-21(6-13(21)5)9-26-10-23-15-16(26)24-18(22)25-17(15)27/h10-13H,6-9H2,1-5H3,(H3,22,24,25,27). The molecular weight excluding hydrogens is 450 g/mol. The van der Waals surface area contributed by atoms with Gasteiger partial charge >= 0.3 is 12.3 Å². The third kappa shape index (κ3) is 6.37. The lowest BCUT2D eigenvalue weighted by atomic mass is 10.2. The van der Waals surface area contributed by atoms with Gasteiger partial charge in [0.1, 0.15) is 13.2 Å². The van der Waals surface area contributed by atoms with Gasteiger partial charge in [0.15, 0.2) is 17.3 Å². The van der Waals surface area contributed by atoms with Crippen LogP contribution in [-0.4, -0.2) is 68.0 Å². The molecule has 0 spiro atoms. The summed E-state index contributed by atoms with van der Waals surface area (Å²) in [5, 5.41) is 9.98. The molecule has 2 unspecified atom stereocenters. The number of carbonyl (C=O) groups is 2. The Balaban J connectivity index is 1.73. The van der Waals surface area contributed by atoms with Crippen LogP contribution in [0.5, 0.6) is 5.88 Å². The number of imidazole rings is 1. The first-order valence-electron chi connectivity index (χ1n) is 10.9. The van der Waals surface area contributed by atoms with Crippen LogP contribution in [0.4, 0.5) is 15.5 Å². The molecule has 3 rings (SSSR count). The van der Waals surface area contributed by atoms with Crippen molar-refractivity contribution >= 4 is 29.4 Å². The number of nitrogen functional groups attached to an aromatic ring is 1. The number of fused-ring (bicyclic) bond motifs is 1. The second kappa shape index (κ2) is 10.3. The minimum absolute atomic E-state index is 0.0908. The molecule has 3 N–H and O–H groups in total. The average molecular weight is 480 g/mol. The van der Waals surface area contributed by atoms with Gasteiger partial charge in [-0.3, -0.25) is 0 Å². The summed E-state index contributed by atoms with van der Waals surface area (Å²) in [6.07, 6.45) is -0.0958. The van der Waals surface area contributed by atoms with Crippen LogP contribution < -0.4 is 5.73 Å². The number of nitrogens with zero attached hydrogens (tertiary/aromatic N) is 4. The lowest BCUT2D eigenvalue weighted by Crippen LogP contribution is -2.32. The van der Waals surface area contributed by atoms with Crippen LogP contribution in [0.15, 0.2) is 6.33 Å². The van der Waals surface area contributed by atoms with E-state index in [1.807, 2.05) is 6.92 Å². The molecule has 2 aromatic heterocycles. The van der Waals surface area contributed by atoms with Gasteiger partial charge in [0.05, 0.1) is 30.7 Å². The molecule has 0 saturated heterocycles. The molecular formula is C21H30N5O8. The minimum Gasteiger partial charge on any atom is -0.492 e. The quantitative estimate of drug-likeness (QED) is 0.477. The summed E-state index contributed by atoms with van der Waals surface area (Å²) in [6.45, 7) is 8.49. The van der Waals surface area contributed by atoms with Crippen LogP contribution >= 0.6 is 0 Å². The number of carbonyl (C=O) groups excluding carboxylic acids is 2. The zero-order valence-electron chi connectivity index (χ0n) is 19.8. The normalized spacial score (nSPS) is 19.6. The van der Waals surface area contributed by atoms with Gasteiger partial charge in [-0.15, -0.1) is 0 Å². The number of ether oxygens (including phenoxy) is 5. The summed E-state index contributed by atoms with van der Waals surface area (Å²) in [5.74, 6) is -0.300. The third-order valence-corrected chi connectivity index (χ3v) is 5.00. The summed E-state index contributed by atoms with van der Waals surface area (Å²) < 4.78 is 28.1. The SMILES string of the molecule is CC(C)OC(=O)OC[C](COC(=O)OC(C)C)OC1(Cn2cnc3c(O)nc(N)nc32)CC1C. The molecule has 1 aliphatic carbocycles. The summed E-state index contributed by atoms with van der Waals surface area (Å²) in [5.41, 5.74) is 5.51. The van der Waals surface area contributed by atoms with E-state index in [2.05, 4.69) is 15.0 Å². The molecule has 2 heterocycles. The lowest BCUT2D eigenvalue weighted by molar-refractivity contribution is -0.0495. The van der Waals surface area contributed by atoms with E-state index in [4.69, 9.17) is 29.4 Å². The number of aromatic nitrogens is 4. The van der Waals surface area contributed by atoms with Crippen molar-refractivity contribution in [2.45, 2.75) is 65.4 Å². The summed E-state index contributed by atoms with van der Waals surface area (Å²) in [7, 11) is 0. The van der Waals surface area contributed by atoms with Crippen LogP contribution in [0.1, 0.15) is 41.0 Å². The van der Waals surface area contributed by atoms with Crippen LogP contribution in [0.3, 0.4) is 0 Å². The fraction of sp³-hybridized carbons (Fsp3) is 0.619. The Morgan fingerprint density at radius 1 is 1.15 bits per heavy atom. The number of nitrogens with two attached hydrogens (primary N) is 1. The van der Waals surface area contributed by atoms with E-state index in [1.54, 1.807) is 32.3 Å². The predicted molar refractivity (Wildman–Crippen MR) is 117 cm³/mol. The van der Waals surface area contributed by atoms with E-state index in [-0.39, 0.29) is 54.8 Å². The van der Waals surface area contributed by atoms with Crippen molar-refractivity contribution in [2.75, 3.05) is 18.9 Å².